The molecule has 0 aliphatic heterocycles. The molecule has 0 aliphatic rings. The van der Waals surface area contributed by atoms with Crippen molar-refractivity contribution < 1.29 is 21.6 Å². The van der Waals surface area contributed by atoms with Gasteiger partial charge in [-0.05, 0) is 12.1 Å². The van der Waals surface area contributed by atoms with Crippen LogP contribution in [0.15, 0.2) is 29.2 Å². The minimum Gasteiger partial charge on any atom is -0.293 e. The third-order valence-electron chi connectivity index (χ3n) is 2.00. The van der Waals surface area contributed by atoms with E-state index in [4.69, 9.17) is 0 Å². The molecule has 0 heterocycles. The number of benzene rings is 1. The van der Waals surface area contributed by atoms with Gasteiger partial charge < -0.3 is 0 Å². The Bertz CT molecular complexity index is 624. The molecule has 1 aromatic carbocycles. The maximum Gasteiger partial charge on any atom is 0.177 e. The van der Waals surface area contributed by atoms with Gasteiger partial charge in [-0.3, -0.25) is 4.79 Å². The third kappa shape index (κ3) is 4.27. The molecule has 0 fully saturated rings. The van der Waals surface area contributed by atoms with Crippen LogP contribution in [0.5, 0.6) is 0 Å². The highest BCUT2D eigenvalue weighted by atomic mass is 32.2. The number of sulfone groups is 2. The molecule has 94 valence electrons. The molecule has 1 aromatic rings. The summed E-state index contributed by atoms with van der Waals surface area (Å²) in [5.74, 6) is -1.13. The van der Waals surface area contributed by atoms with Crippen LogP contribution in [-0.4, -0.2) is 40.9 Å². The van der Waals surface area contributed by atoms with Gasteiger partial charge in [0.2, 0.25) is 0 Å². The molecule has 0 N–H and O–H groups in total. The molecule has 0 aliphatic carbocycles. The molecule has 17 heavy (non-hydrogen) atoms. The molecule has 0 radical (unpaired) electrons. The SMILES string of the molecule is CS(=O)(=O)CC(=O)c1ccc(S(C)(=O)=O)cc1. The predicted molar refractivity (Wildman–Crippen MR) is 63.6 cm³/mol. The van der Waals surface area contributed by atoms with Gasteiger partial charge in [0.1, 0.15) is 5.75 Å². The minimum atomic E-state index is -3.38. The van der Waals surface area contributed by atoms with Gasteiger partial charge in [0.15, 0.2) is 25.5 Å². The van der Waals surface area contributed by atoms with Gasteiger partial charge in [0, 0.05) is 18.1 Å². The average molecular weight is 276 g/mol. The number of hydrogen-bond donors (Lipinski definition) is 0. The van der Waals surface area contributed by atoms with Crippen molar-refractivity contribution in [1.82, 2.24) is 0 Å². The zero-order valence-electron chi connectivity index (χ0n) is 9.37. The molecule has 0 aromatic heterocycles. The van der Waals surface area contributed by atoms with Crippen LogP contribution in [0.4, 0.5) is 0 Å². The predicted octanol–water partition coefficient (Wildman–Crippen LogP) is 0.317. The first-order valence-corrected chi connectivity index (χ1v) is 8.56. The number of rotatable bonds is 4. The molecule has 0 saturated heterocycles. The molecular weight excluding hydrogens is 264 g/mol. The van der Waals surface area contributed by atoms with Crippen LogP contribution in [0.3, 0.4) is 0 Å². The van der Waals surface area contributed by atoms with Crippen LogP contribution >= 0.6 is 0 Å². The van der Waals surface area contributed by atoms with E-state index in [2.05, 4.69) is 0 Å². The van der Waals surface area contributed by atoms with Crippen molar-refractivity contribution >= 4 is 25.5 Å². The molecule has 0 atom stereocenters. The summed E-state index contributed by atoms with van der Waals surface area (Å²) in [5.41, 5.74) is 0.183. The van der Waals surface area contributed by atoms with Crippen LogP contribution in [0.1, 0.15) is 10.4 Å². The Hall–Kier alpha value is -1.21. The summed E-state index contributed by atoms with van der Waals surface area (Å²) in [4.78, 5) is 11.6. The van der Waals surface area contributed by atoms with Crippen LogP contribution in [-0.2, 0) is 19.7 Å². The highest BCUT2D eigenvalue weighted by Crippen LogP contribution is 2.11. The van der Waals surface area contributed by atoms with Gasteiger partial charge in [-0.1, -0.05) is 12.1 Å². The Morgan fingerprint density at radius 3 is 1.82 bits per heavy atom. The molecule has 0 amide bonds. The molecule has 1 rings (SSSR count). The highest BCUT2D eigenvalue weighted by molar-refractivity contribution is 7.91. The van der Waals surface area contributed by atoms with Crippen molar-refractivity contribution in [2.45, 2.75) is 4.90 Å². The first-order chi connectivity index (χ1) is 7.59. The Kier molecular flexibility index (Phi) is 3.73. The molecule has 7 heteroatoms. The van der Waals surface area contributed by atoms with E-state index in [1.165, 1.54) is 24.3 Å². The van der Waals surface area contributed by atoms with E-state index < -0.39 is 31.2 Å². The average Bonchev–Trinajstić information content (AvgIpc) is 2.14. The maximum absolute atomic E-state index is 11.5. The smallest absolute Gasteiger partial charge is 0.177 e. The van der Waals surface area contributed by atoms with Gasteiger partial charge in [-0.25, -0.2) is 16.8 Å². The van der Waals surface area contributed by atoms with E-state index in [0.29, 0.717) is 0 Å². The lowest BCUT2D eigenvalue weighted by Gasteiger charge is -2.01. The fraction of sp³-hybridized carbons (Fsp3) is 0.300. The van der Waals surface area contributed by atoms with E-state index in [1.807, 2.05) is 0 Å². The Labute approximate surface area is 100 Å². The van der Waals surface area contributed by atoms with Crippen molar-refractivity contribution in [2.24, 2.45) is 0 Å². The Balaban J connectivity index is 3.00. The Morgan fingerprint density at radius 2 is 1.47 bits per heavy atom. The largest absolute Gasteiger partial charge is 0.293 e. The van der Waals surface area contributed by atoms with Gasteiger partial charge in [-0.2, -0.15) is 0 Å². The number of carbonyl (C=O) groups excluding carboxylic acids is 1. The quantitative estimate of drug-likeness (QED) is 0.739. The second-order valence-electron chi connectivity index (χ2n) is 3.79. The van der Waals surface area contributed by atoms with Crippen molar-refractivity contribution in [3.63, 3.8) is 0 Å². The maximum atomic E-state index is 11.5. The third-order valence-corrected chi connectivity index (χ3v) is 3.91. The summed E-state index contributed by atoms with van der Waals surface area (Å²) in [7, 11) is -6.69. The lowest BCUT2D eigenvalue weighted by Crippen LogP contribution is -2.14. The summed E-state index contributed by atoms with van der Waals surface area (Å²) >= 11 is 0. The molecular formula is C10H12O5S2. The summed E-state index contributed by atoms with van der Waals surface area (Å²) in [5, 5.41) is 0. The van der Waals surface area contributed by atoms with Gasteiger partial charge >= 0.3 is 0 Å². The molecule has 0 unspecified atom stereocenters. The number of carbonyl (C=O) groups is 1. The normalized spacial score (nSPS) is 12.4. The van der Waals surface area contributed by atoms with Gasteiger partial charge in [-0.15, -0.1) is 0 Å². The van der Waals surface area contributed by atoms with Crippen molar-refractivity contribution in [2.75, 3.05) is 18.3 Å². The summed E-state index contributed by atoms with van der Waals surface area (Å²) in [6.45, 7) is 0. The summed E-state index contributed by atoms with van der Waals surface area (Å²) in [6.07, 6.45) is 2.02. The number of ketones is 1. The minimum absolute atomic E-state index is 0.0911. The van der Waals surface area contributed by atoms with E-state index in [-0.39, 0.29) is 10.5 Å². The topological polar surface area (TPSA) is 85.3 Å². The van der Waals surface area contributed by atoms with Crippen molar-refractivity contribution in [1.29, 1.82) is 0 Å². The molecule has 5 nitrogen and oxygen atoms in total. The fourth-order valence-electron chi connectivity index (χ4n) is 1.21. The zero-order valence-corrected chi connectivity index (χ0v) is 11.0. The molecule has 0 spiro atoms. The summed E-state index contributed by atoms with van der Waals surface area (Å²) < 4.78 is 44.2. The standard InChI is InChI=1S/C10H12O5S2/c1-16(12,13)7-10(11)8-3-5-9(6-4-8)17(2,14)15/h3-6H,7H2,1-2H3. The molecule has 0 saturated carbocycles. The van der Waals surface area contributed by atoms with Crippen LogP contribution in [0, 0.1) is 0 Å². The summed E-state index contributed by atoms with van der Waals surface area (Å²) in [6, 6.07) is 5.18. The first kappa shape index (κ1) is 13.9. The fourth-order valence-corrected chi connectivity index (χ4v) is 2.48. The lowest BCUT2D eigenvalue weighted by molar-refractivity contribution is 0.102. The number of Topliss-reactive ketones (excluding diaryl/α,β-unsaturated/α-hetero) is 1. The number of hydrogen-bond acceptors (Lipinski definition) is 5. The van der Waals surface area contributed by atoms with Gasteiger partial charge in [0.25, 0.3) is 0 Å². The molecule has 0 bridgehead atoms. The van der Waals surface area contributed by atoms with E-state index in [9.17, 15) is 21.6 Å². The van der Waals surface area contributed by atoms with Crippen LogP contribution in [0.2, 0.25) is 0 Å². The van der Waals surface area contributed by atoms with E-state index in [0.717, 1.165) is 12.5 Å². The lowest BCUT2D eigenvalue weighted by atomic mass is 10.1. The first-order valence-electron chi connectivity index (χ1n) is 4.61. The monoisotopic (exact) mass is 276 g/mol. The Morgan fingerprint density at radius 1 is 1.00 bits per heavy atom. The zero-order chi connectivity index (χ0) is 13.3. The van der Waals surface area contributed by atoms with E-state index in [1.54, 1.807) is 0 Å². The highest BCUT2D eigenvalue weighted by Gasteiger charge is 2.14. The van der Waals surface area contributed by atoms with Crippen molar-refractivity contribution in [3.05, 3.63) is 29.8 Å². The van der Waals surface area contributed by atoms with Gasteiger partial charge in [0.05, 0.1) is 4.90 Å². The van der Waals surface area contributed by atoms with Crippen LogP contribution in [0.25, 0.3) is 0 Å². The second-order valence-corrected chi connectivity index (χ2v) is 7.95. The van der Waals surface area contributed by atoms with E-state index >= 15 is 0 Å². The second kappa shape index (κ2) is 4.58. The van der Waals surface area contributed by atoms with Crippen molar-refractivity contribution in [3.8, 4) is 0 Å². The van der Waals surface area contributed by atoms with Crippen LogP contribution < -0.4 is 0 Å².